The largest absolute Gasteiger partial charge is 0.459 e. The van der Waals surface area contributed by atoms with Crippen LogP contribution in [0.25, 0.3) is 0 Å². The fraction of sp³-hybridized carbons (Fsp3) is 0.364. The van der Waals surface area contributed by atoms with E-state index >= 15 is 0 Å². The Balaban J connectivity index is 1.99. The lowest BCUT2D eigenvalue weighted by molar-refractivity contribution is -0.149. The van der Waals surface area contributed by atoms with E-state index in [1.165, 1.54) is 0 Å². The van der Waals surface area contributed by atoms with E-state index in [0.717, 1.165) is 24.0 Å². The Kier molecular flexibility index (Phi) is 9.18. The van der Waals surface area contributed by atoms with Gasteiger partial charge in [-0.1, -0.05) is 67.1 Å². The third-order valence-electron chi connectivity index (χ3n) is 4.41. The van der Waals surface area contributed by atoms with Gasteiger partial charge in [0.25, 0.3) is 0 Å². The molecule has 2 aromatic rings. The van der Waals surface area contributed by atoms with Crippen LogP contribution in [0.5, 0.6) is 0 Å². The monoisotopic (exact) mass is 383 g/mol. The van der Waals surface area contributed by atoms with Crippen LogP contribution in [0.3, 0.4) is 0 Å². The summed E-state index contributed by atoms with van der Waals surface area (Å²) in [6.45, 7) is 0.722. The summed E-state index contributed by atoms with van der Waals surface area (Å²) in [5.41, 5.74) is 13.3. The fourth-order valence-electron chi connectivity index (χ4n) is 2.79. The number of benzene rings is 2. The highest BCUT2D eigenvalue weighted by Crippen LogP contribution is 2.08. The number of hydrogen-bond donors (Lipinski definition) is 3. The van der Waals surface area contributed by atoms with Crippen LogP contribution >= 0.6 is 0 Å². The molecule has 0 radical (unpaired) electrons. The highest BCUT2D eigenvalue weighted by Gasteiger charge is 2.25. The molecule has 0 heterocycles. The first-order valence-corrected chi connectivity index (χ1v) is 9.60. The number of carbonyl (C=O) groups excluding carboxylic acids is 2. The summed E-state index contributed by atoms with van der Waals surface area (Å²) in [6, 6.07) is 17.5. The average molecular weight is 383 g/mol. The molecule has 0 fully saturated rings. The SMILES string of the molecule is NCCCC[C@H](N)C(=O)N[C@@H](Cc1ccccc1)C(=O)OCc1ccccc1. The molecule has 2 aromatic carbocycles. The number of unbranched alkanes of at least 4 members (excludes halogenated alkanes) is 1. The van der Waals surface area contributed by atoms with Gasteiger partial charge in [0.2, 0.25) is 5.91 Å². The summed E-state index contributed by atoms with van der Waals surface area (Å²) in [4.78, 5) is 25.1. The normalized spacial score (nSPS) is 12.8. The molecule has 6 nitrogen and oxygen atoms in total. The second-order valence-electron chi connectivity index (χ2n) is 6.74. The van der Waals surface area contributed by atoms with Crippen LogP contribution in [0.4, 0.5) is 0 Å². The van der Waals surface area contributed by atoms with E-state index < -0.39 is 18.1 Å². The first-order chi connectivity index (χ1) is 13.6. The van der Waals surface area contributed by atoms with Crippen LogP contribution in [-0.2, 0) is 27.4 Å². The molecule has 0 aromatic heterocycles. The lowest BCUT2D eigenvalue weighted by Gasteiger charge is -2.20. The van der Waals surface area contributed by atoms with Gasteiger partial charge in [-0.05, 0) is 30.5 Å². The molecule has 0 spiro atoms. The van der Waals surface area contributed by atoms with Gasteiger partial charge < -0.3 is 21.5 Å². The molecule has 2 atom stereocenters. The molecule has 0 saturated carbocycles. The van der Waals surface area contributed by atoms with E-state index in [1.807, 2.05) is 60.7 Å². The van der Waals surface area contributed by atoms with Crippen LogP contribution in [0.1, 0.15) is 30.4 Å². The van der Waals surface area contributed by atoms with Crippen LogP contribution < -0.4 is 16.8 Å². The molecule has 0 aliphatic rings. The molecule has 0 bridgehead atoms. The smallest absolute Gasteiger partial charge is 0.329 e. The van der Waals surface area contributed by atoms with Crippen molar-refractivity contribution in [3.63, 3.8) is 0 Å². The average Bonchev–Trinajstić information content (AvgIpc) is 2.73. The Morgan fingerprint density at radius 3 is 2.14 bits per heavy atom. The summed E-state index contributed by atoms with van der Waals surface area (Å²) in [6.07, 6.45) is 2.45. The summed E-state index contributed by atoms with van der Waals surface area (Å²) < 4.78 is 5.43. The van der Waals surface area contributed by atoms with Gasteiger partial charge in [-0.3, -0.25) is 4.79 Å². The molecule has 0 aliphatic carbocycles. The van der Waals surface area contributed by atoms with Gasteiger partial charge in [0, 0.05) is 6.42 Å². The number of rotatable bonds is 11. The minimum Gasteiger partial charge on any atom is -0.459 e. The zero-order valence-corrected chi connectivity index (χ0v) is 16.1. The molecule has 0 aliphatic heterocycles. The zero-order valence-electron chi connectivity index (χ0n) is 16.1. The topological polar surface area (TPSA) is 107 Å². The molecule has 28 heavy (non-hydrogen) atoms. The maximum absolute atomic E-state index is 12.6. The van der Waals surface area contributed by atoms with Gasteiger partial charge in [0.1, 0.15) is 12.6 Å². The number of nitrogens with one attached hydrogen (secondary N) is 1. The number of esters is 1. The molecule has 150 valence electrons. The summed E-state index contributed by atoms with van der Waals surface area (Å²) >= 11 is 0. The zero-order chi connectivity index (χ0) is 20.2. The number of amides is 1. The van der Waals surface area contributed by atoms with Gasteiger partial charge in [0.15, 0.2) is 0 Å². The van der Waals surface area contributed by atoms with Crippen molar-refractivity contribution in [1.82, 2.24) is 5.32 Å². The Morgan fingerprint density at radius 2 is 1.54 bits per heavy atom. The molecule has 5 N–H and O–H groups in total. The molecule has 0 unspecified atom stereocenters. The van der Waals surface area contributed by atoms with Crippen LogP contribution in [0, 0.1) is 0 Å². The first-order valence-electron chi connectivity index (χ1n) is 9.60. The minimum atomic E-state index is -0.792. The predicted octanol–water partition coefficient (Wildman–Crippen LogP) is 1.91. The first kappa shape index (κ1) is 21.6. The number of carbonyl (C=O) groups is 2. The van der Waals surface area contributed by atoms with E-state index in [4.69, 9.17) is 16.2 Å². The van der Waals surface area contributed by atoms with E-state index in [2.05, 4.69) is 5.32 Å². The highest BCUT2D eigenvalue weighted by molar-refractivity contribution is 5.87. The maximum atomic E-state index is 12.6. The van der Waals surface area contributed by atoms with Crippen molar-refractivity contribution in [1.29, 1.82) is 0 Å². The van der Waals surface area contributed by atoms with Crippen molar-refractivity contribution in [2.45, 2.75) is 44.4 Å². The number of ether oxygens (including phenoxy) is 1. The Labute approximate surface area is 166 Å². The lowest BCUT2D eigenvalue weighted by Crippen LogP contribution is -2.49. The third-order valence-corrected chi connectivity index (χ3v) is 4.41. The standard InChI is InChI=1S/C22H29N3O3/c23-14-8-7-13-19(24)21(26)25-20(15-17-9-3-1-4-10-17)22(27)28-16-18-11-5-2-6-12-18/h1-6,9-12,19-20H,7-8,13-16,23-24H2,(H,25,26)/t19-,20-/m0/s1. The second kappa shape index (κ2) is 11.9. The summed E-state index contributed by atoms with van der Waals surface area (Å²) in [5, 5.41) is 2.76. The van der Waals surface area contributed by atoms with Gasteiger partial charge in [-0.15, -0.1) is 0 Å². The van der Waals surface area contributed by atoms with Crippen molar-refractivity contribution >= 4 is 11.9 Å². The molecular formula is C22H29N3O3. The van der Waals surface area contributed by atoms with Crippen molar-refractivity contribution in [3.05, 3.63) is 71.8 Å². The van der Waals surface area contributed by atoms with Gasteiger partial charge in [0.05, 0.1) is 6.04 Å². The van der Waals surface area contributed by atoms with Crippen LogP contribution in [-0.4, -0.2) is 30.5 Å². The van der Waals surface area contributed by atoms with Crippen molar-refractivity contribution in [3.8, 4) is 0 Å². The molecular weight excluding hydrogens is 354 g/mol. The molecule has 1 amide bonds. The fourth-order valence-corrected chi connectivity index (χ4v) is 2.79. The van der Waals surface area contributed by atoms with Crippen molar-refractivity contribution in [2.24, 2.45) is 11.5 Å². The summed E-state index contributed by atoms with van der Waals surface area (Å²) in [7, 11) is 0. The molecule has 6 heteroatoms. The van der Waals surface area contributed by atoms with Gasteiger partial charge in [-0.25, -0.2) is 4.79 Å². The third kappa shape index (κ3) is 7.50. The number of nitrogens with two attached hydrogens (primary N) is 2. The van der Waals surface area contributed by atoms with E-state index in [-0.39, 0.29) is 12.5 Å². The van der Waals surface area contributed by atoms with E-state index in [0.29, 0.717) is 19.4 Å². The van der Waals surface area contributed by atoms with E-state index in [9.17, 15) is 9.59 Å². The quantitative estimate of drug-likeness (QED) is 0.406. The Hall–Kier alpha value is -2.70. The lowest BCUT2D eigenvalue weighted by atomic mass is 10.0. The van der Waals surface area contributed by atoms with Crippen LogP contribution in [0.2, 0.25) is 0 Å². The minimum absolute atomic E-state index is 0.156. The van der Waals surface area contributed by atoms with Crippen molar-refractivity contribution in [2.75, 3.05) is 6.54 Å². The summed E-state index contributed by atoms with van der Waals surface area (Å²) in [5.74, 6) is -0.829. The molecule has 2 rings (SSSR count). The Bertz CT molecular complexity index is 722. The second-order valence-corrected chi connectivity index (χ2v) is 6.74. The molecule has 0 saturated heterocycles. The van der Waals surface area contributed by atoms with Gasteiger partial charge >= 0.3 is 5.97 Å². The van der Waals surface area contributed by atoms with Crippen molar-refractivity contribution < 1.29 is 14.3 Å². The Morgan fingerprint density at radius 1 is 0.929 bits per heavy atom. The van der Waals surface area contributed by atoms with E-state index in [1.54, 1.807) is 0 Å². The number of hydrogen-bond acceptors (Lipinski definition) is 5. The van der Waals surface area contributed by atoms with Gasteiger partial charge in [-0.2, -0.15) is 0 Å². The highest BCUT2D eigenvalue weighted by atomic mass is 16.5. The van der Waals surface area contributed by atoms with Crippen LogP contribution in [0.15, 0.2) is 60.7 Å². The predicted molar refractivity (Wildman–Crippen MR) is 109 cm³/mol. The maximum Gasteiger partial charge on any atom is 0.329 e.